The molecule has 0 aliphatic rings. The quantitative estimate of drug-likeness (QED) is 0.599. The molecule has 0 saturated heterocycles. The topological polar surface area (TPSA) is 70.8 Å². The molecule has 0 bridgehead atoms. The fourth-order valence-corrected chi connectivity index (χ4v) is 1.12. The van der Waals surface area contributed by atoms with Gasteiger partial charge in [-0.05, 0) is 12.1 Å². The molecule has 0 aromatic carbocycles. The second-order valence-corrected chi connectivity index (χ2v) is 2.61. The van der Waals surface area contributed by atoms with Crippen molar-refractivity contribution in [3.05, 3.63) is 24.5 Å². The lowest BCUT2D eigenvalue weighted by Gasteiger charge is -1.99. The van der Waals surface area contributed by atoms with Gasteiger partial charge in [-0.25, -0.2) is 4.98 Å². The molecule has 66 valence electrons. The average Bonchev–Trinajstić information content (AvgIpc) is 2.44. The maximum Gasteiger partial charge on any atom is 0.181 e. The third-order valence-electron chi connectivity index (χ3n) is 1.62. The molecular weight excluding hydrogens is 170 g/mol. The van der Waals surface area contributed by atoms with Gasteiger partial charge in [-0.2, -0.15) is 5.10 Å². The Kier molecular flexibility index (Phi) is 1.70. The van der Waals surface area contributed by atoms with Gasteiger partial charge in [0.1, 0.15) is 0 Å². The Morgan fingerprint density at radius 2 is 2.46 bits per heavy atom. The molecule has 5 heteroatoms. The first-order valence-electron chi connectivity index (χ1n) is 3.74. The molecule has 0 amide bonds. The molecule has 0 atom stereocenters. The van der Waals surface area contributed by atoms with Crippen LogP contribution in [-0.2, 0) is 11.3 Å². The number of aliphatic carboxylic acids is 1. The summed E-state index contributed by atoms with van der Waals surface area (Å²) in [6, 6.07) is 3.59. The monoisotopic (exact) mass is 176 g/mol. The predicted octanol–water partition coefficient (Wildman–Crippen LogP) is -0.819. The summed E-state index contributed by atoms with van der Waals surface area (Å²) < 4.78 is 1.30. The van der Waals surface area contributed by atoms with Crippen molar-refractivity contribution in [3.63, 3.8) is 0 Å². The fourth-order valence-electron chi connectivity index (χ4n) is 1.12. The summed E-state index contributed by atoms with van der Waals surface area (Å²) in [4.78, 5) is 14.2. The van der Waals surface area contributed by atoms with E-state index in [1.165, 1.54) is 4.68 Å². The highest BCUT2D eigenvalue weighted by atomic mass is 16.4. The minimum absolute atomic E-state index is 0.240. The van der Waals surface area contributed by atoms with Crippen LogP contribution in [0.25, 0.3) is 11.0 Å². The van der Waals surface area contributed by atoms with Crippen LogP contribution in [0.15, 0.2) is 24.5 Å². The highest BCUT2D eigenvalue weighted by Gasteiger charge is 1.99. The molecule has 2 aromatic rings. The van der Waals surface area contributed by atoms with E-state index in [0.717, 1.165) is 5.39 Å². The molecule has 0 radical (unpaired) electrons. The summed E-state index contributed by atoms with van der Waals surface area (Å²) in [6.07, 6.45) is 3.23. The zero-order chi connectivity index (χ0) is 9.26. The van der Waals surface area contributed by atoms with E-state index >= 15 is 0 Å². The molecule has 2 rings (SSSR count). The second kappa shape index (κ2) is 2.85. The molecule has 0 spiro atoms. The van der Waals surface area contributed by atoms with Crippen LogP contribution in [0.2, 0.25) is 0 Å². The first-order valence-corrected chi connectivity index (χ1v) is 3.74. The van der Waals surface area contributed by atoms with Gasteiger partial charge in [-0.15, -0.1) is 0 Å². The van der Waals surface area contributed by atoms with E-state index < -0.39 is 5.97 Å². The summed E-state index contributed by atoms with van der Waals surface area (Å²) in [5.74, 6) is -1.16. The molecule has 5 nitrogen and oxygen atoms in total. The fraction of sp³-hybridized carbons (Fsp3) is 0.125. The van der Waals surface area contributed by atoms with E-state index in [-0.39, 0.29) is 6.54 Å². The zero-order valence-electron chi connectivity index (χ0n) is 6.67. The summed E-state index contributed by atoms with van der Waals surface area (Å²) >= 11 is 0. The van der Waals surface area contributed by atoms with Crippen molar-refractivity contribution in [2.45, 2.75) is 6.54 Å². The number of hydrogen-bond donors (Lipinski definition) is 0. The first-order chi connectivity index (χ1) is 6.25. The van der Waals surface area contributed by atoms with Crippen molar-refractivity contribution < 1.29 is 9.90 Å². The lowest BCUT2D eigenvalue weighted by Crippen LogP contribution is -2.27. The number of nitrogens with zero attached hydrogens (tertiary/aromatic N) is 3. The number of hydrogen-bond acceptors (Lipinski definition) is 4. The SMILES string of the molecule is O=C([O-])Cn1cc2cccnc2n1. The van der Waals surface area contributed by atoms with E-state index in [1.807, 2.05) is 6.07 Å². The standard InChI is InChI=1S/C8H7N3O2/c12-7(13)5-11-4-6-2-1-3-9-8(6)10-11/h1-4H,5H2,(H,12,13)/p-1. The molecule has 13 heavy (non-hydrogen) atoms. The lowest BCUT2D eigenvalue weighted by atomic mass is 10.4. The molecule has 2 heterocycles. The number of carboxylic acid groups (broad SMARTS) is 1. The van der Waals surface area contributed by atoms with Crippen LogP contribution in [0, 0.1) is 0 Å². The van der Waals surface area contributed by atoms with Crippen molar-refractivity contribution >= 4 is 17.0 Å². The van der Waals surface area contributed by atoms with E-state index in [2.05, 4.69) is 10.1 Å². The maximum absolute atomic E-state index is 10.3. The largest absolute Gasteiger partial charge is 0.548 e. The molecule has 0 N–H and O–H groups in total. The van der Waals surface area contributed by atoms with Gasteiger partial charge in [0.2, 0.25) is 0 Å². The van der Waals surface area contributed by atoms with E-state index in [1.54, 1.807) is 18.5 Å². The van der Waals surface area contributed by atoms with Gasteiger partial charge < -0.3 is 9.90 Å². The van der Waals surface area contributed by atoms with Gasteiger partial charge in [-0.1, -0.05) is 0 Å². The zero-order valence-corrected chi connectivity index (χ0v) is 6.67. The molecule has 0 fully saturated rings. The normalized spacial score (nSPS) is 10.5. The van der Waals surface area contributed by atoms with Gasteiger partial charge in [0.05, 0.1) is 12.5 Å². The second-order valence-electron chi connectivity index (χ2n) is 2.61. The first kappa shape index (κ1) is 7.72. The molecule has 0 unspecified atom stereocenters. The molecule has 0 aliphatic carbocycles. The highest BCUT2D eigenvalue weighted by Crippen LogP contribution is 2.06. The number of fused-ring (bicyclic) bond motifs is 1. The smallest absolute Gasteiger partial charge is 0.181 e. The third-order valence-corrected chi connectivity index (χ3v) is 1.62. The Morgan fingerprint density at radius 3 is 3.15 bits per heavy atom. The highest BCUT2D eigenvalue weighted by molar-refractivity contribution is 5.74. The average molecular weight is 176 g/mol. The Labute approximate surface area is 73.6 Å². The van der Waals surface area contributed by atoms with Crippen LogP contribution in [0.3, 0.4) is 0 Å². The molecule has 0 saturated carbocycles. The van der Waals surface area contributed by atoms with Crippen molar-refractivity contribution in [1.29, 1.82) is 0 Å². The number of carbonyl (C=O) groups is 1. The summed E-state index contributed by atoms with van der Waals surface area (Å²) in [6.45, 7) is -0.240. The van der Waals surface area contributed by atoms with Gasteiger partial charge in [0, 0.05) is 17.8 Å². The van der Waals surface area contributed by atoms with Crippen LogP contribution in [0.1, 0.15) is 0 Å². The van der Waals surface area contributed by atoms with Gasteiger partial charge in [0.25, 0.3) is 0 Å². The number of pyridine rings is 1. The molecule has 0 aliphatic heterocycles. The Morgan fingerprint density at radius 1 is 1.62 bits per heavy atom. The third kappa shape index (κ3) is 1.48. The molecular formula is C8H6N3O2-. The lowest BCUT2D eigenvalue weighted by molar-refractivity contribution is -0.306. The number of rotatable bonds is 2. The maximum atomic E-state index is 10.3. The Balaban J connectivity index is 2.44. The minimum atomic E-state index is -1.16. The molecule has 2 aromatic heterocycles. The number of aromatic nitrogens is 3. The van der Waals surface area contributed by atoms with Crippen LogP contribution in [0.5, 0.6) is 0 Å². The van der Waals surface area contributed by atoms with E-state index in [9.17, 15) is 9.90 Å². The van der Waals surface area contributed by atoms with Crippen LogP contribution < -0.4 is 5.11 Å². The van der Waals surface area contributed by atoms with Crippen molar-refractivity contribution in [1.82, 2.24) is 14.8 Å². The Bertz CT molecular complexity index is 416. The number of carboxylic acids is 1. The number of carbonyl (C=O) groups excluding carboxylic acids is 1. The van der Waals surface area contributed by atoms with E-state index in [4.69, 9.17) is 0 Å². The van der Waals surface area contributed by atoms with Crippen molar-refractivity contribution in [2.75, 3.05) is 0 Å². The summed E-state index contributed by atoms with van der Waals surface area (Å²) in [7, 11) is 0. The van der Waals surface area contributed by atoms with Gasteiger partial charge >= 0.3 is 0 Å². The van der Waals surface area contributed by atoms with Crippen molar-refractivity contribution in [2.24, 2.45) is 0 Å². The van der Waals surface area contributed by atoms with Gasteiger partial charge in [-0.3, -0.25) is 4.68 Å². The van der Waals surface area contributed by atoms with Crippen LogP contribution in [-0.4, -0.2) is 20.7 Å². The summed E-state index contributed by atoms with van der Waals surface area (Å²) in [5, 5.41) is 15.0. The summed E-state index contributed by atoms with van der Waals surface area (Å²) in [5.41, 5.74) is 0.545. The Hall–Kier alpha value is -1.91. The van der Waals surface area contributed by atoms with Gasteiger partial charge in [0.15, 0.2) is 5.65 Å². The minimum Gasteiger partial charge on any atom is -0.548 e. The predicted molar refractivity (Wildman–Crippen MR) is 42.5 cm³/mol. The van der Waals surface area contributed by atoms with Crippen molar-refractivity contribution in [3.8, 4) is 0 Å². The van der Waals surface area contributed by atoms with Crippen LogP contribution in [0.4, 0.5) is 0 Å². The van der Waals surface area contributed by atoms with Crippen LogP contribution >= 0.6 is 0 Å². The van der Waals surface area contributed by atoms with E-state index in [0.29, 0.717) is 5.65 Å².